The van der Waals surface area contributed by atoms with E-state index >= 15 is 0 Å². The van der Waals surface area contributed by atoms with E-state index < -0.39 is 0 Å². The first-order valence-electron chi connectivity index (χ1n) is 6.96. The topological polar surface area (TPSA) is 38.3 Å². The zero-order valence-electron chi connectivity index (χ0n) is 12.5. The summed E-state index contributed by atoms with van der Waals surface area (Å²) in [6.07, 6.45) is 1.14. The minimum absolute atomic E-state index is 0.242. The second-order valence-electron chi connectivity index (χ2n) is 5.37. The Morgan fingerprint density at radius 2 is 1.95 bits per heavy atom. The first-order chi connectivity index (χ1) is 9.00. The van der Waals surface area contributed by atoms with Gasteiger partial charge in [-0.2, -0.15) is 0 Å². The summed E-state index contributed by atoms with van der Waals surface area (Å²) in [4.78, 5) is 11.8. The Morgan fingerprint density at radius 1 is 1.21 bits per heavy atom. The molecule has 0 amide bonds. The summed E-state index contributed by atoms with van der Waals surface area (Å²) in [6, 6.07) is 5.65. The van der Waals surface area contributed by atoms with Gasteiger partial charge in [-0.15, -0.1) is 0 Å². The third-order valence-corrected chi connectivity index (χ3v) is 3.15. The molecule has 0 fully saturated rings. The molecule has 0 bridgehead atoms. The van der Waals surface area contributed by atoms with Crippen molar-refractivity contribution in [1.29, 1.82) is 0 Å². The average Bonchev–Trinajstić information content (AvgIpc) is 2.36. The van der Waals surface area contributed by atoms with Crippen molar-refractivity contribution in [1.82, 2.24) is 5.32 Å². The fraction of sp³-hybridized carbons (Fsp3) is 0.562. The van der Waals surface area contributed by atoms with Gasteiger partial charge in [0, 0.05) is 6.54 Å². The zero-order valence-corrected chi connectivity index (χ0v) is 12.5. The molecule has 0 heterocycles. The van der Waals surface area contributed by atoms with Crippen LogP contribution in [0.2, 0.25) is 0 Å². The highest BCUT2D eigenvalue weighted by Crippen LogP contribution is 2.10. The van der Waals surface area contributed by atoms with E-state index in [1.54, 1.807) is 0 Å². The van der Waals surface area contributed by atoms with E-state index in [9.17, 15) is 4.79 Å². The van der Waals surface area contributed by atoms with Crippen LogP contribution in [0.15, 0.2) is 18.2 Å². The maximum Gasteiger partial charge on any atom is 0.338 e. The number of hydrogen-bond donors (Lipinski definition) is 1. The van der Waals surface area contributed by atoms with Gasteiger partial charge in [0.1, 0.15) is 6.61 Å². The van der Waals surface area contributed by atoms with Gasteiger partial charge in [0.25, 0.3) is 0 Å². The third-order valence-electron chi connectivity index (χ3n) is 3.15. The lowest BCUT2D eigenvalue weighted by atomic mass is 10.1. The number of carbonyl (C=O) groups excluding carboxylic acids is 1. The third kappa shape index (κ3) is 5.88. The molecule has 0 atom stereocenters. The lowest BCUT2D eigenvalue weighted by Crippen LogP contribution is -2.23. The molecule has 1 rings (SSSR count). The van der Waals surface area contributed by atoms with Crippen LogP contribution < -0.4 is 5.32 Å². The van der Waals surface area contributed by atoms with Gasteiger partial charge in [-0.05, 0) is 56.0 Å². The molecule has 0 unspecified atom stereocenters. The van der Waals surface area contributed by atoms with Crippen LogP contribution in [-0.4, -0.2) is 25.7 Å². The van der Waals surface area contributed by atoms with Gasteiger partial charge in [-0.3, -0.25) is 0 Å². The molecule has 106 valence electrons. The number of aryl methyl sites for hydroxylation is 2. The maximum absolute atomic E-state index is 11.8. The molecule has 0 spiro atoms. The van der Waals surface area contributed by atoms with Crippen LogP contribution in [0, 0.1) is 19.8 Å². The summed E-state index contributed by atoms with van der Waals surface area (Å²) in [7, 11) is 0. The van der Waals surface area contributed by atoms with Crippen molar-refractivity contribution in [3.8, 4) is 0 Å². The molecule has 0 aromatic heterocycles. The van der Waals surface area contributed by atoms with Crippen LogP contribution in [0.5, 0.6) is 0 Å². The molecule has 1 N–H and O–H groups in total. The average molecular weight is 263 g/mol. The Bertz CT molecular complexity index is 413. The van der Waals surface area contributed by atoms with E-state index in [-0.39, 0.29) is 5.97 Å². The maximum atomic E-state index is 11.8. The summed E-state index contributed by atoms with van der Waals surface area (Å²) in [6.45, 7) is 10.5. The summed E-state index contributed by atoms with van der Waals surface area (Å²) in [5, 5.41) is 3.27. The van der Waals surface area contributed by atoms with E-state index in [0.717, 1.165) is 18.5 Å². The molecule has 1 aromatic carbocycles. The Labute approximate surface area is 116 Å². The molecule has 0 radical (unpaired) electrons. The molecule has 0 aliphatic rings. The van der Waals surface area contributed by atoms with E-state index in [0.29, 0.717) is 24.6 Å². The van der Waals surface area contributed by atoms with Crippen molar-refractivity contribution in [3.05, 3.63) is 34.9 Å². The number of esters is 1. The minimum atomic E-state index is -0.242. The second kappa shape index (κ2) is 7.95. The lowest BCUT2D eigenvalue weighted by molar-refractivity contribution is 0.0508. The van der Waals surface area contributed by atoms with Crippen molar-refractivity contribution in [2.45, 2.75) is 34.1 Å². The van der Waals surface area contributed by atoms with Gasteiger partial charge in [-0.1, -0.05) is 19.9 Å². The van der Waals surface area contributed by atoms with Crippen LogP contribution in [0.1, 0.15) is 41.8 Å². The quantitative estimate of drug-likeness (QED) is 0.607. The fourth-order valence-electron chi connectivity index (χ4n) is 1.68. The van der Waals surface area contributed by atoms with Gasteiger partial charge < -0.3 is 10.1 Å². The fourth-order valence-corrected chi connectivity index (χ4v) is 1.68. The molecular weight excluding hydrogens is 238 g/mol. The number of carbonyl (C=O) groups is 1. The Balaban J connectivity index is 2.26. The first-order valence-corrected chi connectivity index (χ1v) is 6.96. The highest BCUT2D eigenvalue weighted by molar-refractivity contribution is 5.89. The van der Waals surface area contributed by atoms with Gasteiger partial charge in [0.15, 0.2) is 0 Å². The normalized spacial score (nSPS) is 10.8. The van der Waals surface area contributed by atoms with Crippen LogP contribution in [0.4, 0.5) is 0 Å². The number of hydrogen-bond acceptors (Lipinski definition) is 3. The van der Waals surface area contributed by atoms with E-state index in [1.807, 2.05) is 32.0 Å². The number of ether oxygens (including phenoxy) is 1. The largest absolute Gasteiger partial charge is 0.461 e. The summed E-state index contributed by atoms with van der Waals surface area (Å²) in [5.74, 6) is 0.458. The van der Waals surface area contributed by atoms with Gasteiger partial charge >= 0.3 is 5.97 Å². The SMILES string of the molecule is Cc1ccc(C(=O)OCCNCCC(C)C)cc1C. The minimum Gasteiger partial charge on any atom is -0.461 e. The van der Waals surface area contributed by atoms with Crippen molar-refractivity contribution in [2.75, 3.05) is 19.7 Å². The Kier molecular flexibility index (Phi) is 6.57. The molecule has 0 aliphatic carbocycles. The highest BCUT2D eigenvalue weighted by atomic mass is 16.5. The Morgan fingerprint density at radius 3 is 2.58 bits per heavy atom. The van der Waals surface area contributed by atoms with Crippen molar-refractivity contribution >= 4 is 5.97 Å². The lowest BCUT2D eigenvalue weighted by Gasteiger charge is -2.08. The highest BCUT2D eigenvalue weighted by Gasteiger charge is 2.07. The molecule has 1 aromatic rings. The second-order valence-corrected chi connectivity index (χ2v) is 5.37. The van der Waals surface area contributed by atoms with Crippen molar-refractivity contribution in [3.63, 3.8) is 0 Å². The number of benzene rings is 1. The van der Waals surface area contributed by atoms with E-state index in [2.05, 4.69) is 19.2 Å². The summed E-state index contributed by atoms with van der Waals surface area (Å²) >= 11 is 0. The molecule has 19 heavy (non-hydrogen) atoms. The zero-order chi connectivity index (χ0) is 14.3. The van der Waals surface area contributed by atoms with Crippen LogP contribution in [-0.2, 0) is 4.74 Å². The number of nitrogens with one attached hydrogen (secondary N) is 1. The summed E-state index contributed by atoms with van der Waals surface area (Å²) in [5.41, 5.74) is 2.93. The monoisotopic (exact) mass is 263 g/mol. The van der Waals surface area contributed by atoms with Gasteiger partial charge in [0.05, 0.1) is 5.56 Å². The molecule has 3 nitrogen and oxygen atoms in total. The predicted octanol–water partition coefficient (Wildman–Crippen LogP) is 3.10. The van der Waals surface area contributed by atoms with Crippen molar-refractivity contribution in [2.24, 2.45) is 5.92 Å². The molecule has 0 saturated carbocycles. The summed E-state index contributed by atoms with van der Waals surface area (Å²) < 4.78 is 5.23. The standard InChI is InChI=1S/C16H25NO2/c1-12(2)7-8-17-9-10-19-16(18)15-6-5-13(3)14(4)11-15/h5-6,11-12,17H,7-10H2,1-4H3. The van der Waals surface area contributed by atoms with E-state index in [1.165, 1.54) is 5.56 Å². The van der Waals surface area contributed by atoms with Gasteiger partial charge in [-0.25, -0.2) is 4.79 Å². The smallest absolute Gasteiger partial charge is 0.338 e. The van der Waals surface area contributed by atoms with Gasteiger partial charge in [0.2, 0.25) is 0 Å². The molecular formula is C16H25NO2. The van der Waals surface area contributed by atoms with Crippen LogP contribution in [0.25, 0.3) is 0 Å². The van der Waals surface area contributed by atoms with E-state index in [4.69, 9.17) is 4.74 Å². The first kappa shape index (κ1) is 15.7. The van der Waals surface area contributed by atoms with Crippen LogP contribution in [0.3, 0.4) is 0 Å². The molecule has 3 heteroatoms. The van der Waals surface area contributed by atoms with Crippen molar-refractivity contribution < 1.29 is 9.53 Å². The Hall–Kier alpha value is -1.35. The molecule has 0 saturated heterocycles. The molecule has 0 aliphatic heterocycles. The van der Waals surface area contributed by atoms with Crippen LogP contribution >= 0.6 is 0 Å². The predicted molar refractivity (Wildman–Crippen MR) is 78.5 cm³/mol. The number of rotatable bonds is 7.